The zero-order valence-electron chi connectivity index (χ0n) is 28.4. The van der Waals surface area contributed by atoms with E-state index < -0.39 is 12.1 Å². The first-order valence-corrected chi connectivity index (χ1v) is 16.7. The number of fused-ring (bicyclic) bond motifs is 1. The van der Waals surface area contributed by atoms with Gasteiger partial charge >= 0.3 is 0 Å². The Balaban J connectivity index is 1.18. The summed E-state index contributed by atoms with van der Waals surface area (Å²) in [4.78, 5) is 38.3. The van der Waals surface area contributed by atoms with Gasteiger partial charge in [0.25, 0.3) is 0 Å². The van der Waals surface area contributed by atoms with Crippen LogP contribution in [-0.4, -0.2) is 105 Å². The summed E-state index contributed by atoms with van der Waals surface area (Å²) in [7, 11) is 5.79. The number of methoxy groups -OCH3 is 1. The predicted molar refractivity (Wildman–Crippen MR) is 184 cm³/mol. The van der Waals surface area contributed by atoms with Crippen molar-refractivity contribution in [3.05, 3.63) is 83.7 Å². The van der Waals surface area contributed by atoms with E-state index in [0.717, 1.165) is 71.5 Å². The number of aryl methyl sites for hydroxylation is 1. The first-order chi connectivity index (χ1) is 23.8. The molecular weight excluding hydrogens is 625 g/mol. The molecule has 0 bridgehead atoms. The number of hydrogen-bond donors (Lipinski definition) is 0. The minimum absolute atomic E-state index is 0.0450. The van der Waals surface area contributed by atoms with E-state index >= 15 is 0 Å². The summed E-state index contributed by atoms with van der Waals surface area (Å²) in [5.74, 6) is 0.202. The molecule has 0 radical (unpaired) electrons. The number of carbonyl (C=O) groups excluding carboxylic acids is 1. The fraction of sp³-hybridized carbons (Fsp3) is 0.417. The third-order valence-electron chi connectivity index (χ3n) is 9.60. The minimum atomic E-state index is -0.578. The Morgan fingerprint density at radius 2 is 1.86 bits per heavy atom. The largest absolute Gasteiger partial charge is 0.383 e. The number of anilines is 1. The van der Waals surface area contributed by atoms with Crippen LogP contribution in [0.5, 0.6) is 0 Å². The number of benzene rings is 1. The van der Waals surface area contributed by atoms with Crippen molar-refractivity contribution in [2.24, 2.45) is 13.0 Å². The van der Waals surface area contributed by atoms with Gasteiger partial charge in [-0.05, 0) is 55.4 Å². The Morgan fingerprint density at radius 3 is 2.61 bits per heavy atom. The van der Waals surface area contributed by atoms with Crippen molar-refractivity contribution in [1.29, 1.82) is 0 Å². The molecule has 0 amide bonds. The SMILES string of the molecule is COCCN1C[C@@H](CC(=O)Cc2c(C)c(-c3cnc4c(c3)nc(N3CCN(C)CC3)n4C)nn2-c2ccccc2)[C@H](c2ccnc(F)c2)O1. The second kappa shape index (κ2) is 14.1. The molecule has 5 aromatic rings. The van der Waals surface area contributed by atoms with Crippen molar-refractivity contribution in [2.45, 2.75) is 25.9 Å². The summed E-state index contributed by atoms with van der Waals surface area (Å²) in [6.45, 7) is 7.36. The van der Waals surface area contributed by atoms with E-state index in [1.165, 1.54) is 12.3 Å². The lowest BCUT2D eigenvalue weighted by atomic mass is 9.91. The molecule has 1 aromatic carbocycles. The Hall–Kier alpha value is -4.56. The number of ether oxygens (including phenoxy) is 1. The van der Waals surface area contributed by atoms with Crippen molar-refractivity contribution in [1.82, 2.24) is 39.3 Å². The summed E-state index contributed by atoms with van der Waals surface area (Å²) >= 11 is 0. The lowest BCUT2D eigenvalue weighted by Gasteiger charge is -2.32. The molecule has 256 valence electrons. The summed E-state index contributed by atoms with van der Waals surface area (Å²) in [5, 5.41) is 6.87. The van der Waals surface area contributed by atoms with E-state index in [4.69, 9.17) is 24.6 Å². The average Bonchev–Trinajstić information content (AvgIpc) is 3.77. The number of ketones is 1. The molecule has 0 aliphatic carbocycles. The monoisotopic (exact) mass is 667 g/mol. The number of carbonyl (C=O) groups is 1. The number of pyridine rings is 2. The van der Waals surface area contributed by atoms with Crippen LogP contribution in [0, 0.1) is 18.8 Å². The number of imidazole rings is 1. The second-order valence-corrected chi connectivity index (χ2v) is 13.0. The van der Waals surface area contributed by atoms with E-state index in [0.29, 0.717) is 25.3 Å². The molecule has 2 aliphatic rings. The summed E-state index contributed by atoms with van der Waals surface area (Å²) in [5.41, 5.74) is 6.46. The van der Waals surface area contributed by atoms with Crippen molar-refractivity contribution in [2.75, 3.05) is 64.9 Å². The number of aromatic nitrogens is 6. The number of piperazine rings is 1. The standard InChI is InChI=1S/C36H42FN9O3/c1-24-31(21-29(47)18-27-23-45(16-17-48-4)49-34(27)25-10-11-38-32(37)20-25)46(28-8-6-5-7-9-28)41-33(24)26-19-30-35(39-22-26)43(3)36(40-30)44-14-12-42(2)13-15-44/h5-11,19-20,22,27,34H,12-18,21,23H2,1-4H3/t27-,34+/m1/s1. The Kier molecular flexibility index (Phi) is 9.50. The molecule has 2 atom stereocenters. The first-order valence-electron chi connectivity index (χ1n) is 16.7. The molecule has 12 nitrogen and oxygen atoms in total. The number of hydroxylamine groups is 2. The Bertz CT molecular complexity index is 1940. The number of halogens is 1. The maximum Gasteiger partial charge on any atom is 0.213 e. The van der Waals surface area contributed by atoms with Crippen molar-refractivity contribution >= 4 is 22.9 Å². The highest BCUT2D eigenvalue weighted by molar-refractivity contribution is 5.84. The summed E-state index contributed by atoms with van der Waals surface area (Å²) in [6, 6.07) is 15.0. The molecule has 0 unspecified atom stereocenters. The highest BCUT2D eigenvalue weighted by Crippen LogP contribution is 2.37. The highest BCUT2D eigenvalue weighted by atomic mass is 19.1. The predicted octanol–water partition coefficient (Wildman–Crippen LogP) is 4.17. The van der Waals surface area contributed by atoms with Crippen molar-refractivity contribution < 1.29 is 18.8 Å². The molecule has 2 aliphatic heterocycles. The zero-order chi connectivity index (χ0) is 34.1. The van der Waals surface area contributed by atoms with Gasteiger partial charge in [0.15, 0.2) is 5.65 Å². The fourth-order valence-electron chi connectivity index (χ4n) is 6.91. The van der Waals surface area contributed by atoms with Gasteiger partial charge in [-0.2, -0.15) is 14.6 Å². The average molecular weight is 668 g/mol. The molecule has 7 rings (SSSR count). The molecule has 2 fully saturated rings. The van der Waals surface area contributed by atoms with Crippen LogP contribution in [0.1, 0.15) is 29.3 Å². The second-order valence-electron chi connectivity index (χ2n) is 13.0. The van der Waals surface area contributed by atoms with Gasteiger partial charge in [0.05, 0.1) is 23.7 Å². The lowest BCUT2D eigenvalue weighted by Crippen LogP contribution is -2.45. The molecular formula is C36H42FN9O3. The number of hydrogen-bond acceptors (Lipinski definition) is 10. The molecule has 0 N–H and O–H groups in total. The molecule has 2 saturated heterocycles. The van der Waals surface area contributed by atoms with Crippen LogP contribution in [0.15, 0.2) is 60.9 Å². The van der Waals surface area contributed by atoms with Crippen molar-refractivity contribution in [3.8, 4) is 16.9 Å². The quantitative estimate of drug-likeness (QED) is 0.191. The van der Waals surface area contributed by atoms with E-state index in [1.54, 1.807) is 18.2 Å². The van der Waals surface area contributed by atoms with Gasteiger partial charge in [-0.1, -0.05) is 18.2 Å². The normalized spacial score (nSPS) is 18.9. The number of Topliss-reactive ketones (excluding diaryl/α,β-unsaturated/α-hetero) is 1. The van der Waals surface area contributed by atoms with Gasteiger partial charge in [0.1, 0.15) is 17.4 Å². The van der Waals surface area contributed by atoms with E-state index in [-0.39, 0.29) is 24.5 Å². The van der Waals surface area contributed by atoms with Gasteiger partial charge in [-0.15, -0.1) is 0 Å². The van der Waals surface area contributed by atoms with E-state index in [9.17, 15) is 9.18 Å². The maximum absolute atomic E-state index is 14.1. The first kappa shape index (κ1) is 33.0. The molecule has 49 heavy (non-hydrogen) atoms. The Morgan fingerprint density at radius 1 is 1.06 bits per heavy atom. The van der Waals surface area contributed by atoms with Gasteiger partial charge < -0.3 is 14.5 Å². The molecule has 0 saturated carbocycles. The maximum atomic E-state index is 14.1. The van der Waals surface area contributed by atoms with Crippen molar-refractivity contribution in [3.63, 3.8) is 0 Å². The number of para-hydroxylation sites is 1. The van der Waals surface area contributed by atoms with Crippen LogP contribution in [0.4, 0.5) is 10.3 Å². The van der Waals surface area contributed by atoms with Crippen LogP contribution in [0.3, 0.4) is 0 Å². The van der Waals surface area contributed by atoms with E-state index in [1.807, 2.05) is 61.2 Å². The summed E-state index contributed by atoms with van der Waals surface area (Å²) in [6.07, 6.45) is 3.23. The van der Waals surface area contributed by atoms with Gasteiger partial charge in [-0.3, -0.25) is 14.2 Å². The van der Waals surface area contributed by atoms with Gasteiger partial charge in [0.2, 0.25) is 11.9 Å². The highest BCUT2D eigenvalue weighted by Gasteiger charge is 2.37. The van der Waals surface area contributed by atoms with Crippen LogP contribution in [-0.2, 0) is 27.8 Å². The molecule has 4 aromatic heterocycles. The third-order valence-corrected chi connectivity index (χ3v) is 9.60. The van der Waals surface area contributed by atoms with Crippen LogP contribution < -0.4 is 4.90 Å². The topological polar surface area (TPSA) is 107 Å². The smallest absolute Gasteiger partial charge is 0.213 e. The number of rotatable bonds is 11. The van der Waals surface area contributed by atoms with E-state index in [2.05, 4.69) is 26.4 Å². The minimum Gasteiger partial charge on any atom is -0.383 e. The summed E-state index contributed by atoms with van der Waals surface area (Å²) < 4.78 is 23.3. The van der Waals surface area contributed by atoms with Gasteiger partial charge in [-0.25, -0.2) is 19.6 Å². The van der Waals surface area contributed by atoms with Crippen LogP contribution >= 0.6 is 0 Å². The zero-order valence-corrected chi connectivity index (χ0v) is 28.4. The number of likely N-dealkylation sites (N-methyl/N-ethyl adjacent to an activating group) is 1. The number of nitrogens with zero attached hydrogens (tertiary/aromatic N) is 9. The molecule has 0 spiro atoms. The fourth-order valence-corrected chi connectivity index (χ4v) is 6.91. The van der Waals surface area contributed by atoms with Gasteiger partial charge in [0, 0.05) is 90.1 Å². The van der Waals surface area contributed by atoms with Crippen LogP contribution in [0.25, 0.3) is 28.1 Å². The Labute approximate surface area is 285 Å². The lowest BCUT2D eigenvalue weighted by molar-refractivity contribution is -0.155. The molecule has 6 heterocycles. The van der Waals surface area contributed by atoms with Crippen LogP contribution in [0.2, 0.25) is 0 Å². The third kappa shape index (κ3) is 6.84. The molecule has 13 heteroatoms.